The normalized spacial score (nSPS) is 18.6. The van der Waals surface area contributed by atoms with Crippen molar-refractivity contribution in [2.75, 3.05) is 26.2 Å². The molecular weight excluding hydrogens is 426 g/mol. The molecule has 4 heterocycles. The number of rotatable bonds is 3. The number of piperidine rings is 2. The molecule has 2 aromatic carbocycles. The lowest BCUT2D eigenvalue weighted by Crippen LogP contribution is -2.49. The molecule has 1 N–H and O–H groups in total. The van der Waals surface area contributed by atoms with Crippen molar-refractivity contribution in [3.05, 3.63) is 76.8 Å². The van der Waals surface area contributed by atoms with Crippen LogP contribution in [0.5, 0.6) is 0 Å². The molecule has 34 heavy (non-hydrogen) atoms. The number of para-hydroxylation sites is 3. The van der Waals surface area contributed by atoms with Gasteiger partial charge in [0.25, 0.3) is 5.91 Å². The number of imidazole rings is 1. The van der Waals surface area contributed by atoms with Crippen molar-refractivity contribution in [3.63, 3.8) is 0 Å². The number of amides is 1. The Kier molecular flexibility index (Phi) is 5.41. The summed E-state index contributed by atoms with van der Waals surface area (Å²) in [5, 5.41) is 1.05. The van der Waals surface area contributed by atoms with Crippen LogP contribution < -0.4 is 5.69 Å². The van der Waals surface area contributed by atoms with Crippen LogP contribution in [0.4, 0.5) is 0 Å². The predicted molar refractivity (Wildman–Crippen MR) is 133 cm³/mol. The molecule has 0 bridgehead atoms. The Morgan fingerprint density at radius 3 is 2.35 bits per heavy atom. The van der Waals surface area contributed by atoms with Crippen molar-refractivity contribution < 1.29 is 4.79 Å². The monoisotopic (exact) mass is 455 g/mol. The van der Waals surface area contributed by atoms with E-state index < -0.39 is 0 Å². The molecule has 7 heteroatoms. The quantitative estimate of drug-likeness (QED) is 0.510. The molecular formula is C27H29N5O2. The second-order valence-corrected chi connectivity index (χ2v) is 9.50. The fourth-order valence-corrected chi connectivity index (χ4v) is 5.73. The van der Waals surface area contributed by atoms with Gasteiger partial charge in [-0.15, -0.1) is 0 Å². The van der Waals surface area contributed by atoms with E-state index in [4.69, 9.17) is 0 Å². The lowest BCUT2D eigenvalue weighted by Gasteiger charge is -2.41. The average Bonchev–Trinajstić information content (AvgIpc) is 3.24. The van der Waals surface area contributed by atoms with Gasteiger partial charge in [0.05, 0.1) is 16.6 Å². The number of hydrogen-bond donors (Lipinski definition) is 1. The maximum absolute atomic E-state index is 13.1. The third-order valence-corrected chi connectivity index (χ3v) is 7.57. The number of hydrogen-bond acceptors (Lipinski definition) is 4. The molecule has 4 aromatic rings. The first-order valence-electron chi connectivity index (χ1n) is 12.3. The van der Waals surface area contributed by atoms with Crippen LogP contribution in [-0.4, -0.2) is 62.5 Å². The fourth-order valence-electron chi connectivity index (χ4n) is 5.73. The molecule has 174 valence electrons. The number of likely N-dealkylation sites (tertiary alicyclic amines) is 2. The second-order valence-electron chi connectivity index (χ2n) is 9.50. The van der Waals surface area contributed by atoms with Crippen molar-refractivity contribution in [1.82, 2.24) is 24.3 Å². The highest BCUT2D eigenvalue weighted by Gasteiger charge is 2.31. The van der Waals surface area contributed by atoms with E-state index >= 15 is 0 Å². The van der Waals surface area contributed by atoms with Crippen LogP contribution in [-0.2, 0) is 0 Å². The topological polar surface area (TPSA) is 74.2 Å². The predicted octanol–water partition coefficient (Wildman–Crippen LogP) is 3.82. The Balaban J connectivity index is 1.07. The van der Waals surface area contributed by atoms with Crippen LogP contribution >= 0.6 is 0 Å². The van der Waals surface area contributed by atoms with Gasteiger partial charge >= 0.3 is 5.69 Å². The zero-order valence-electron chi connectivity index (χ0n) is 19.2. The maximum Gasteiger partial charge on any atom is 0.326 e. The van der Waals surface area contributed by atoms with Gasteiger partial charge in [-0.25, -0.2) is 9.78 Å². The lowest BCUT2D eigenvalue weighted by molar-refractivity contribution is 0.0553. The number of pyridine rings is 1. The third kappa shape index (κ3) is 3.80. The summed E-state index contributed by atoms with van der Waals surface area (Å²) >= 11 is 0. The van der Waals surface area contributed by atoms with Gasteiger partial charge in [-0.2, -0.15) is 0 Å². The first kappa shape index (κ1) is 21.1. The average molecular weight is 456 g/mol. The van der Waals surface area contributed by atoms with Crippen LogP contribution in [0.25, 0.3) is 21.9 Å². The number of aromatic nitrogens is 3. The van der Waals surface area contributed by atoms with Gasteiger partial charge in [0.2, 0.25) is 0 Å². The smallest absolute Gasteiger partial charge is 0.326 e. The van der Waals surface area contributed by atoms with Gasteiger partial charge in [-0.05, 0) is 49.9 Å². The zero-order valence-corrected chi connectivity index (χ0v) is 19.2. The molecule has 2 saturated heterocycles. The van der Waals surface area contributed by atoms with Gasteiger partial charge in [0, 0.05) is 43.6 Å². The van der Waals surface area contributed by atoms with Crippen LogP contribution in [0, 0.1) is 0 Å². The highest BCUT2D eigenvalue weighted by molar-refractivity contribution is 5.95. The van der Waals surface area contributed by atoms with Crippen LogP contribution in [0.2, 0.25) is 0 Å². The number of carbonyl (C=O) groups excluding carboxylic acids is 1. The number of benzene rings is 2. The second kappa shape index (κ2) is 8.72. The minimum Gasteiger partial charge on any atom is -0.337 e. The van der Waals surface area contributed by atoms with Crippen LogP contribution in [0.1, 0.15) is 42.2 Å². The number of nitrogens with zero attached hydrogens (tertiary/aromatic N) is 4. The van der Waals surface area contributed by atoms with Crippen LogP contribution in [0.15, 0.2) is 65.5 Å². The fraction of sp³-hybridized carbons (Fsp3) is 0.370. The minimum atomic E-state index is -0.00577. The molecule has 0 radical (unpaired) electrons. The van der Waals surface area contributed by atoms with Crippen molar-refractivity contribution in [3.8, 4) is 0 Å². The van der Waals surface area contributed by atoms with Crippen molar-refractivity contribution in [2.24, 2.45) is 0 Å². The number of H-pyrrole nitrogens is 1. The van der Waals surface area contributed by atoms with E-state index in [1.807, 2.05) is 70.1 Å². The Bertz CT molecular complexity index is 1390. The molecule has 0 atom stereocenters. The molecule has 0 unspecified atom stereocenters. The molecule has 2 aromatic heterocycles. The SMILES string of the molecule is O=C(c1ccc2ccccc2n1)N1CCC(N2CCC(n3c(=O)[nH]c4ccccc43)CC2)CC1. The highest BCUT2D eigenvalue weighted by atomic mass is 16.2. The van der Waals surface area contributed by atoms with Gasteiger partial charge in [-0.3, -0.25) is 9.36 Å². The van der Waals surface area contributed by atoms with Crippen molar-refractivity contribution >= 4 is 27.8 Å². The summed E-state index contributed by atoms with van der Waals surface area (Å²) in [4.78, 5) is 37.7. The van der Waals surface area contributed by atoms with E-state index in [1.165, 1.54) is 0 Å². The third-order valence-electron chi connectivity index (χ3n) is 7.57. The van der Waals surface area contributed by atoms with Crippen molar-refractivity contribution in [1.29, 1.82) is 0 Å². The first-order valence-corrected chi connectivity index (χ1v) is 12.3. The highest BCUT2D eigenvalue weighted by Crippen LogP contribution is 2.28. The summed E-state index contributed by atoms with van der Waals surface area (Å²) in [6.45, 7) is 3.50. The molecule has 0 aliphatic carbocycles. The molecule has 2 aliphatic rings. The van der Waals surface area contributed by atoms with E-state index in [0.717, 1.165) is 73.8 Å². The van der Waals surface area contributed by atoms with E-state index in [-0.39, 0.29) is 17.6 Å². The number of nitrogens with one attached hydrogen (secondary N) is 1. The molecule has 0 spiro atoms. The maximum atomic E-state index is 13.1. The molecule has 0 saturated carbocycles. The Hall–Kier alpha value is -3.45. The molecule has 2 fully saturated rings. The molecule has 7 nitrogen and oxygen atoms in total. The minimum absolute atomic E-state index is 0.00577. The Morgan fingerprint density at radius 2 is 1.53 bits per heavy atom. The summed E-state index contributed by atoms with van der Waals surface area (Å²) in [6, 6.07) is 20.4. The largest absolute Gasteiger partial charge is 0.337 e. The van der Waals surface area contributed by atoms with Crippen molar-refractivity contribution in [2.45, 2.75) is 37.8 Å². The first-order chi connectivity index (χ1) is 16.7. The van der Waals surface area contributed by atoms with Gasteiger partial charge in [0.1, 0.15) is 5.69 Å². The molecule has 1 amide bonds. The summed E-state index contributed by atoms with van der Waals surface area (Å²) in [5.41, 5.74) is 3.30. The van der Waals surface area contributed by atoms with Gasteiger partial charge in [-0.1, -0.05) is 36.4 Å². The van der Waals surface area contributed by atoms with E-state index in [9.17, 15) is 9.59 Å². The summed E-state index contributed by atoms with van der Waals surface area (Å²) in [6.07, 6.45) is 3.91. The molecule has 6 rings (SSSR count). The van der Waals surface area contributed by atoms with E-state index in [0.29, 0.717) is 11.7 Å². The van der Waals surface area contributed by atoms with Crippen LogP contribution in [0.3, 0.4) is 0 Å². The summed E-state index contributed by atoms with van der Waals surface area (Å²) in [5.74, 6) is 0.0293. The summed E-state index contributed by atoms with van der Waals surface area (Å²) < 4.78 is 1.95. The van der Waals surface area contributed by atoms with Gasteiger partial charge < -0.3 is 14.8 Å². The number of aromatic amines is 1. The van der Waals surface area contributed by atoms with E-state index in [1.54, 1.807) is 0 Å². The Morgan fingerprint density at radius 1 is 0.824 bits per heavy atom. The number of fused-ring (bicyclic) bond motifs is 2. The number of carbonyl (C=O) groups is 1. The lowest BCUT2D eigenvalue weighted by atomic mass is 9.97. The summed E-state index contributed by atoms with van der Waals surface area (Å²) in [7, 11) is 0. The standard InChI is InChI=1S/C27H29N5O2/c33-26(24-10-9-19-5-1-2-6-22(19)28-24)31-17-11-20(12-18-31)30-15-13-21(14-16-30)32-25-8-4-3-7-23(25)29-27(32)34/h1-10,20-21H,11-18H2,(H,29,34). The van der Waals surface area contributed by atoms with E-state index in [2.05, 4.69) is 14.9 Å². The Labute approximate surface area is 198 Å². The zero-order chi connectivity index (χ0) is 23.1. The van der Waals surface area contributed by atoms with Gasteiger partial charge in [0.15, 0.2) is 0 Å². The molecule has 2 aliphatic heterocycles.